The van der Waals surface area contributed by atoms with Crippen LogP contribution in [-0.2, 0) is 0 Å². The molecule has 0 radical (unpaired) electrons. The third kappa shape index (κ3) is 2.95. The Morgan fingerprint density at radius 2 is 2.00 bits per heavy atom. The minimum atomic E-state index is -0.111. The quantitative estimate of drug-likeness (QED) is 0.783. The van der Waals surface area contributed by atoms with Crippen molar-refractivity contribution in [3.8, 4) is 0 Å². The van der Waals surface area contributed by atoms with Crippen LogP contribution in [-0.4, -0.2) is 10.5 Å². The zero-order chi connectivity index (χ0) is 13.4. The molecule has 19 heavy (non-hydrogen) atoms. The fraction of sp³-hybridized carbons (Fsp3) is 0.214. The molecule has 1 aromatic heterocycles. The second-order valence-corrected chi connectivity index (χ2v) is 6.33. The summed E-state index contributed by atoms with van der Waals surface area (Å²) in [5.41, 5.74) is 1.43. The van der Waals surface area contributed by atoms with Gasteiger partial charge in [-0.05, 0) is 65.8 Å². The third-order valence-electron chi connectivity index (χ3n) is 3.09. The number of carbonyl (C=O) groups is 1. The van der Waals surface area contributed by atoms with E-state index in [0.29, 0.717) is 16.8 Å². The van der Waals surface area contributed by atoms with Crippen LogP contribution in [0, 0.1) is 3.57 Å². The number of halogens is 2. The molecular weight excluding hydrogens is 375 g/mol. The first kappa shape index (κ1) is 13.0. The van der Waals surface area contributed by atoms with Crippen molar-refractivity contribution in [2.75, 3.05) is 5.32 Å². The maximum Gasteiger partial charge on any atom is 0.272 e. The molecule has 1 N–H and O–H groups in total. The van der Waals surface area contributed by atoms with E-state index in [0.717, 1.165) is 22.1 Å². The first-order valence-electron chi connectivity index (χ1n) is 6.08. The summed E-state index contributed by atoms with van der Waals surface area (Å²) in [6, 6.07) is 9.87. The molecule has 0 unspecified atom stereocenters. The van der Waals surface area contributed by atoms with E-state index in [1.165, 1.54) is 0 Å². The lowest BCUT2D eigenvalue weighted by Gasteiger charge is -2.08. The van der Waals surface area contributed by atoms with E-state index in [-0.39, 0.29) is 5.91 Å². The van der Waals surface area contributed by atoms with Gasteiger partial charge in [-0.3, -0.25) is 4.79 Å². The molecule has 98 valence electrons. The Kier molecular flexibility index (Phi) is 3.54. The van der Waals surface area contributed by atoms with Gasteiger partial charge in [0, 0.05) is 21.5 Å². The van der Waals surface area contributed by atoms with Crippen molar-refractivity contribution in [2.24, 2.45) is 0 Å². The molecule has 0 atom stereocenters. The normalized spacial score (nSPS) is 14.4. The number of hydrogen-bond donors (Lipinski definition) is 1. The van der Waals surface area contributed by atoms with Gasteiger partial charge in [0.25, 0.3) is 5.91 Å². The molecule has 1 fully saturated rings. The van der Waals surface area contributed by atoms with Gasteiger partial charge in [0.1, 0.15) is 5.69 Å². The number of aromatic nitrogens is 1. The summed E-state index contributed by atoms with van der Waals surface area (Å²) in [7, 11) is 0. The highest BCUT2D eigenvalue weighted by Crippen LogP contribution is 2.37. The van der Waals surface area contributed by atoms with Crippen LogP contribution in [0.25, 0.3) is 0 Å². The lowest BCUT2D eigenvalue weighted by atomic mass is 10.3. The Hall–Kier alpha value is -1.01. The maximum atomic E-state index is 12.3. The van der Waals surface area contributed by atoms with Crippen molar-refractivity contribution in [1.82, 2.24) is 4.57 Å². The van der Waals surface area contributed by atoms with Crippen molar-refractivity contribution < 1.29 is 4.79 Å². The van der Waals surface area contributed by atoms with Crippen LogP contribution in [0.3, 0.4) is 0 Å². The monoisotopic (exact) mass is 386 g/mol. The van der Waals surface area contributed by atoms with Gasteiger partial charge in [0.05, 0.1) is 5.02 Å². The van der Waals surface area contributed by atoms with Crippen LogP contribution in [0.1, 0.15) is 29.4 Å². The van der Waals surface area contributed by atoms with Gasteiger partial charge in [-0.15, -0.1) is 0 Å². The van der Waals surface area contributed by atoms with Gasteiger partial charge >= 0.3 is 0 Å². The second-order valence-electron chi connectivity index (χ2n) is 4.64. The number of anilines is 1. The summed E-state index contributed by atoms with van der Waals surface area (Å²) in [4.78, 5) is 12.3. The SMILES string of the molecule is O=C(Nc1ccc(I)cc1)c1cc(Cl)cn1C1CC1. The molecule has 0 spiro atoms. The highest BCUT2D eigenvalue weighted by molar-refractivity contribution is 14.1. The van der Waals surface area contributed by atoms with Crippen molar-refractivity contribution in [2.45, 2.75) is 18.9 Å². The predicted octanol–water partition coefficient (Wildman–Crippen LogP) is 4.33. The van der Waals surface area contributed by atoms with E-state index in [1.54, 1.807) is 6.07 Å². The summed E-state index contributed by atoms with van der Waals surface area (Å²) in [6.07, 6.45) is 4.08. The van der Waals surface area contributed by atoms with Gasteiger partial charge in [-0.25, -0.2) is 0 Å². The van der Waals surface area contributed by atoms with E-state index in [4.69, 9.17) is 11.6 Å². The Morgan fingerprint density at radius 3 is 2.63 bits per heavy atom. The summed E-state index contributed by atoms with van der Waals surface area (Å²) < 4.78 is 3.12. The highest BCUT2D eigenvalue weighted by atomic mass is 127. The molecular formula is C14H12ClIN2O. The molecule has 1 aromatic carbocycles. The Balaban J connectivity index is 1.82. The molecule has 1 amide bonds. The second kappa shape index (κ2) is 5.17. The summed E-state index contributed by atoms with van der Waals surface area (Å²) in [6.45, 7) is 0. The van der Waals surface area contributed by atoms with Crippen LogP contribution in [0.5, 0.6) is 0 Å². The van der Waals surface area contributed by atoms with Gasteiger partial charge < -0.3 is 9.88 Å². The lowest BCUT2D eigenvalue weighted by Crippen LogP contribution is -2.16. The Morgan fingerprint density at radius 1 is 1.32 bits per heavy atom. The van der Waals surface area contributed by atoms with Crippen LogP contribution < -0.4 is 5.32 Å². The number of rotatable bonds is 3. The van der Waals surface area contributed by atoms with Crippen LogP contribution in [0.2, 0.25) is 5.02 Å². The molecule has 1 saturated carbocycles. The zero-order valence-electron chi connectivity index (χ0n) is 10.1. The number of hydrogen-bond acceptors (Lipinski definition) is 1. The van der Waals surface area contributed by atoms with Crippen molar-refractivity contribution in [3.05, 3.63) is 50.8 Å². The third-order valence-corrected chi connectivity index (χ3v) is 4.02. The van der Waals surface area contributed by atoms with Gasteiger partial charge in [-0.1, -0.05) is 11.6 Å². The van der Waals surface area contributed by atoms with Crippen LogP contribution >= 0.6 is 34.2 Å². The van der Waals surface area contributed by atoms with E-state index < -0.39 is 0 Å². The number of nitrogens with zero attached hydrogens (tertiary/aromatic N) is 1. The molecule has 1 heterocycles. The minimum absolute atomic E-state index is 0.111. The lowest BCUT2D eigenvalue weighted by molar-refractivity contribution is 0.101. The number of benzene rings is 1. The molecule has 0 saturated heterocycles. The fourth-order valence-corrected chi connectivity index (χ4v) is 2.58. The van der Waals surface area contributed by atoms with E-state index in [9.17, 15) is 4.79 Å². The van der Waals surface area contributed by atoms with Crippen LogP contribution in [0.15, 0.2) is 36.5 Å². The van der Waals surface area contributed by atoms with E-state index >= 15 is 0 Å². The Labute approximate surface area is 130 Å². The van der Waals surface area contributed by atoms with Crippen molar-refractivity contribution in [3.63, 3.8) is 0 Å². The molecule has 3 nitrogen and oxygen atoms in total. The fourth-order valence-electron chi connectivity index (χ4n) is 2.01. The smallest absolute Gasteiger partial charge is 0.272 e. The largest absolute Gasteiger partial charge is 0.339 e. The van der Waals surface area contributed by atoms with Gasteiger partial charge in [-0.2, -0.15) is 0 Å². The molecule has 5 heteroatoms. The predicted molar refractivity (Wildman–Crippen MR) is 84.8 cm³/mol. The number of carbonyl (C=O) groups excluding carboxylic acids is 1. The first-order valence-corrected chi connectivity index (χ1v) is 7.53. The topological polar surface area (TPSA) is 34.0 Å². The maximum absolute atomic E-state index is 12.3. The van der Waals surface area contributed by atoms with E-state index in [2.05, 4.69) is 27.9 Å². The number of nitrogens with one attached hydrogen (secondary N) is 1. The Bertz CT molecular complexity index is 617. The molecule has 1 aliphatic rings. The molecule has 2 aromatic rings. The highest BCUT2D eigenvalue weighted by Gasteiger charge is 2.27. The average molecular weight is 387 g/mol. The molecule has 3 rings (SSSR count). The average Bonchev–Trinajstić information content (AvgIpc) is 3.15. The number of amides is 1. The summed E-state index contributed by atoms with van der Waals surface area (Å²) in [5.74, 6) is -0.111. The molecule has 0 aliphatic heterocycles. The van der Waals surface area contributed by atoms with E-state index in [1.807, 2.05) is 35.0 Å². The molecule has 0 bridgehead atoms. The first-order chi connectivity index (χ1) is 9.13. The zero-order valence-corrected chi connectivity index (χ0v) is 13.0. The molecule has 1 aliphatic carbocycles. The van der Waals surface area contributed by atoms with Crippen molar-refractivity contribution >= 4 is 45.8 Å². The van der Waals surface area contributed by atoms with Gasteiger partial charge in [0.2, 0.25) is 0 Å². The van der Waals surface area contributed by atoms with Crippen molar-refractivity contribution in [1.29, 1.82) is 0 Å². The van der Waals surface area contributed by atoms with Crippen LogP contribution in [0.4, 0.5) is 5.69 Å². The standard InChI is InChI=1S/C14H12ClIN2O/c15-9-7-13(18(8-9)12-5-6-12)14(19)17-11-3-1-10(16)2-4-11/h1-4,7-8,12H,5-6H2,(H,17,19). The van der Waals surface area contributed by atoms with Gasteiger partial charge in [0.15, 0.2) is 0 Å². The minimum Gasteiger partial charge on any atom is -0.339 e. The summed E-state index contributed by atoms with van der Waals surface area (Å²) >= 11 is 8.24. The summed E-state index contributed by atoms with van der Waals surface area (Å²) in [5, 5.41) is 3.51.